The zero-order chi connectivity index (χ0) is 13.7. The molecule has 0 amide bonds. The number of ether oxygens (including phenoxy) is 1. The van der Waals surface area contributed by atoms with Crippen molar-refractivity contribution >= 4 is 0 Å². The minimum atomic E-state index is 0.357. The Morgan fingerprint density at radius 1 is 1.11 bits per heavy atom. The van der Waals surface area contributed by atoms with Gasteiger partial charge in [0.1, 0.15) is 0 Å². The first-order valence-electron chi connectivity index (χ1n) is 7.81. The van der Waals surface area contributed by atoms with Gasteiger partial charge < -0.3 is 15.0 Å². The average Bonchev–Trinajstić information content (AvgIpc) is 2.46. The van der Waals surface area contributed by atoms with Crippen molar-refractivity contribution in [2.75, 3.05) is 59.5 Å². The van der Waals surface area contributed by atoms with Gasteiger partial charge in [0.25, 0.3) is 0 Å². The molecule has 0 aliphatic carbocycles. The molecule has 0 radical (unpaired) electrons. The first-order chi connectivity index (χ1) is 9.14. The molecule has 4 heteroatoms. The first kappa shape index (κ1) is 15.2. The van der Waals surface area contributed by atoms with Crippen LogP contribution in [0, 0.1) is 5.92 Å². The van der Waals surface area contributed by atoms with E-state index in [1.54, 1.807) is 7.11 Å². The van der Waals surface area contributed by atoms with Gasteiger partial charge in [0.15, 0.2) is 0 Å². The Hall–Kier alpha value is -0.160. The Morgan fingerprint density at radius 3 is 2.32 bits per heavy atom. The maximum atomic E-state index is 5.18. The zero-order valence-electron chi connectivity index (χ0n) is 13.0. The number of methoxy groups -OCH3 is 1. The summed E-state index contributed by atoms with van der Waals surface area (Å²) in [5.41, 5.74) is 0.357. The molecule has 0 atom stereocenters. The lowest BCUT2D eigenvalue weighted by atomic mass is 9.78. The summed E-state index contributed by atoms with van der Waals surface area (Å²) >= 11 is 0. The van der Waals surface area contributed by atoms with Crippen molar-refractivity contribution in [1.82, 2.24) is 15.1 Å². The summed E-state index contributed by atoms with van der Waals surface area (Å²) in [7, 11) is 1.79. The number of nitrogens with one attached hydrogen (secondary N) is 1. The minimum absolute atomic E-state index is 0.357. The molecule has 112 valence electrons. The number of nitrogens with zero attached hydrogens (tertiary/aromatic N) is 2. The Morgan fingerprint density at radius 2 is 1.74 bits per heavy atom. The van der Waals surface area contributed by atoms with Gasteiger partial charge in [0, 0.05) is 45.4 Å². The fourth-order valence-electron chi connectivity index (χ4n) is 3.58. The quantitative estimate of drug-likeness (QED) is 0.807. The number of rotatable bonds is 5. The molecular weight excluding hydrogens is 238 g/mol. The second-order valence-corrected chi connectivity index (χ2v) is 6.50. The second kappa shape index (κ2) is 7.02. The molecule has 19 heavy (non-hydrogen) atoms. The van der Waals surface area contributed by atoms with E-state index < -0.39 is 0 Å². The summed E-state index contributed by atoms with van der Waals surface area (Å²) < 4.78 is 5.18. The van der Waals surface area contributed by atoms with E-state index in [1.165, 1.54) is 39.0 Å². The number of hydrogen-bond acceptors (Lipinski definition) is 4. The molecule has 0 unspecified atom stereocenters. The highest BCUT2D eigenvalue weighted by molar-refractivity contribution is 4.93. The Balaban J connectivity index is 1.81. The van der Waals surface area contributed by atoms with Crippen LogP contribution in [-0.2, 0) is 4.74 Å². The van der Waals surface area contributed by atoms with Gasteiger partial charge in [-0.25, -0.2) is 0 Å². The second-order valence-electron chi connectivity index (χ2n) is 6.50. The smallest absolute Gasteiger partial charge is 0.0589 e. The van der Waals surface area contributed by atoms with Crippen LogP contribution in [0.15, 0.2) is 0 Å². The summed E-state index contributed by atoms with van der Waals surface area (Å²) in [5, 5.41) is 3.46. The van der Waals surface area contributed by atoms with E-state index in [0.717, 1.165) is 32.2 Å². The Kier molecular flexibility index (Phi) is 5.63. The van der Waals surface area contributed by atoms with Crippen molar-refractivity contribution in [3.63, 3.8) is 0 Å². The van der Waals surface area contributed by atoms with Crippen LogP contribution in [0.5, 0.6) is 0 Å². The number of likely N-dealkylation sites (tertiary alicyclic amines) is 1. The zero-order valence-corrected chi connectivity index (χ0v) is 13.0. The summed E-state index contributed by atoms with van der Waals surface area (Å²) in [6.07, 6.45) is 2.67. The van der Waals surface area contributed by atoms with Crippen LogP contribution in [0.2, 0.25) is 0 Å². The first-order valence-corrected chi connectivity index (χ1v) is 7.81. The molecule has 0 aromatic carbocycles. The van der Waals surface area contributed by atoms with E-state index >= 15 is 0 Å². The Bertz CT molecular complexity index is 256. The SMILES string of the molecule is COCCN1CCC(C(C)(C)N2CCNCC2)CC1. The van der Waals surface area contributed by atoms with Crippen molar-refractivity contribution in [3.8, 4) is 0 Å². The van der Waals surface area contributed by atoms with Crippen molar-refractivity contribution in [2.24, 2.45) is 5.92 Å². The van der Waals surface area contributed by atoms with Gasteiger partial charge in [0.05, 0.1) is 6.61 Å². The molecule has 2 aliphatic heterocycles. The lowest BCUT2D eigenvalue weighted by Crippen LogP contribution is -2.58. The van der Waals surface area contributed by atoms with E-state index in [0.29, 0.717) is 5.54 Å². The standard InChI is InChI=1S/C15H31N3O/c1-15(2,18-10-6-16-7-11-18)14-4-8-17(9-5-14)12-13-19-3/h14,16H,4-13H2,1-3H3. The molecule has 0 bridgehead atoms. The molecule has 0 spiro atoms. The summed E-state index contributed by atoms with van der Waals surface area (Å²) in [6.45, 7) is 14.1. The lowest BCUT2D eigenvalue weighted by molar-refractivity contribution is 0.0150. The van der Waals surface area contributed by atoms with Crippen molar-refractivity contribution in [3.05, 3.63) is 0 Å². The molecule has 2 saturated heterocycles. The molecule has 0 aromatic heterocycles. The average molecular weight is 269 g/mol. The van der Waals surface area contributed by atoms with Crippen LogP contribution >= 0.6 is 0 Å². The number of piperidine rings is 1. The van der Waals surface area contributed by atoms with Gasteiger partial charge in [-0.2, -0.15) is 0 Å². The maximum Gasteiger partial charge on any atom is 0.0589 e. The third-order valence-corrected chi connectivity index (χ3v) is 5.13. The lowest BCUT2D eigenvalue weighted by Gasteiger charge is -2.48. The Labute approximate surface area is 118 Å². The number of piperazine rings is 1. The largest absolute Gasteiger partial charge is 0.383 e. The molecular formula is C15H31N3O. The highest BCUT2D eigenvalue weighted by atomic mass is 16.5. The summed E-state index contributed by atoms with van der Waals surface area (Å²) in [6, 6.07) is 0. The third-order valence-electron chi connectivity index (χ3n) is 5.13. The van der Waals surface area contributed by atoms with Gasteiger partial charge in [-0.1, -0.05) is 0 Å². The fraction of sp³-hybridized carbons (Fsp3) is 1.00. The summed E-state index contributed by atoms with van der Waals surface area (Å²) in [5.74, 6) is 0.837. The van der Waals surface area contributed by atoms with Crippen LogP contribution in [0.4, 0.5) is 0 Å². The van der Waals surface area contributed by atoms with Gasteiger partial charge >= 0.3 is 0 Å². The van der Waals surface area contributed by atoms with Crippen LogP contribution in [-0.4, -0.2) is 74.9 Å². The number of hydrogen-bond donors (Lipinski definition) is 1. The van der Waals surface area contributed by atoms with Crippen LogP contribution in [0.1, 0.15) is 26.7 Å². The monoisotopic (exact) mass is 269 g/mol. The normalized spacial score (nSPS) is 24.8. The third kappa shape index (κ3) is 3.91. The van der Waals surface area contributed by atoms with Crippen molar-refractivity contribution < 1.29 is 4.74 Å². The van der Waals surface area contributed by atoms with Gasteiger partial charge in [-0.05, 0) is 45.7 Å². The molecule has 1 N–H and O–H groups in total. The van der Waals surface area contributed by atoms with E-state index in [4.69, 9.17) is 4.74 Å². The van der Waals surface area contributed by atoms with Gasteiger partial charge in [-0.15, -0.1) is 0 Å². The molecule has 4 nitrogen and oxygen atoms in total. The highest BCUT2D eigenvalue weighted by Gasteiger charge is 2.37. The van der Waals surface area contributed by atoms with Crippen LogP contribution in [0.25, 0.3) is 0 Å². The van der Waals surface area contributed by atoms with Crippen LogP contribution < -0.4 is 5.32 Å². The van der Waals surface area contributed by atoms with Crippen molar-refractivity contribution in [1.29, 1.82) is 0 Å². The van der Waals surface area contributed by atoms with Gasteiger partial charge in [-0.3, -0.25) is 4.90 Å². The molecule has 2 aliphatic rings. The highest BCUT2D eigenvalue weighted by Crippen LogP contribution is 2.32. The van der Waals surface area contributed by atoms with E-state index in [9.17, 15) is 0 Å². The van der Waals surface area contributed by atoms with Gasteiger partial charge in [0.2, 0.25) is 0 Å². The molecule has 2 rings (SSSR count). The molecule has 0 aromatic rings. The molecule has 2 heterocycles. The van der Waals surface area contributed by atoms with Crippen molar-refractivity contribution in [2.45, 2.75) is 32.2 Å². The molecule has 0 saturated carbocycles. The topological polar surface area (TPSA) is 27.7 Å². The maximum absolute atomic E-state index is 5.18. The van der Waals surface area contributed by atoms with E-state index in [-0.39, 0.29) is 0 Å². The summed E-state index contributed by atoms with van der Waals surface area (Å²) in [4.78, 5) is 5.24. The fourth-order valence-corrected chi connectivity index (χ4v) is 3.58. The molecule has 2 fully saturated rings. The van der Waals surface area contributed by atoms with E-state index in [1.807, 2.05) is 0 Å². The van der Waals surface area contributed by atoms with Crippen LogP contribution in [0.3, 0.4) is 0 Å². The predicted octanol–water partition coefficient (Wildman–Crippen LogP) is 1.03. The van der Waals surface area contributed by atoms with E-state index in [2.05, 4.69) is 29.0 Å². The predicted molar refractivity (Wildman–Crippen MR) is 79.6 cm³/mol. The minimum Gasteiger partial charge on any atom is -0.383 e.